The van der Waals surface area contributed by atoms with E-state index in [0.717, 1.165) is 16.7 Å². The van der Waals surface area contributed by atoms with Gasteiger partial charge < -0.3 is 14.2 Å². The molecule has 2 rings (SSSR count). The fourth-order valence-corrected chi connectivity index (χ4v) is 4.59. The molecule has 9 heteroatoms. The minimum atomic E-state index is -3.55. The Kier molecular flexibility index (Phi) is 6.23. The Balaban J connectivity index is 2.19. The summed E-state index contributed by atoms with van der Waals surface area (Å²) in [6.45, 7) is 3.61. The molecule has 0 aromatic heterocycles. The van der Waals surface area contributed by atoms with Gasteiger partial charge in [-0.3, -0.25) is 19.1 Å². The van der Waals surface area contributed by atoms with Crippen molar-refractivity contribution in [3.05, 3.63) is 34.7 Å². The fraction of sp³-hybridized carbons (Fsp3) is 0.333. The first-order valence-corrected chi connectivity index (χ1v) is 9.85. The average molecular weight is 371 g/mol. The normalized spacial score (nSPS) is 17.1. The summed E-state index contributed by atoms with van der Waals surface area (Å²) in [4.78, 5) is 25.6. The first-order valence-electron chi connectivity index (χ1n) is 7.31. The predicted octanol–water partition coefficient (Wildman–Crippen LogP) is 3.65. The molecule has 1 saturated heterocycles. The SMILES string of the molecule is CCOP(=O)(CN1C(=O)S/C(=C/c2ccc(O)cc2)C1=O)OCC. The van der Waals surface area contributed by atoms with Crippen molar-refractivity contribution in [1.82, 2.24) is 4.90 Å². The molecule has 1 aromatic carbocycles. The number of carbonyl (C=O) groups is 2. The fourth-order valence-electron chi connectivity index (χ4n) is 2.03. The second kappa shape index (κ2) is 7.98. The minimum absolute atomic E-state index is 0.106. The molecule has 1 aliphatic rings. The third-order valence-electron chi connectivity index (χ3n) is 3.03. The monoisotopic (exact) mass is 371 g/mol. The topological polar surface area (TPSA) is 93.1 Å². The van der Waals surface area contributed by atoms with Crippen molar-refractivity contribution in [3.8, 4) is 5.75 Å². The number of imide groups is 1. The Morgan fingerprint density at radius 3 is 2.29 bits per heavy atom. The van der Waals surface area contributed by atoms with Crippen LogP contribution in [0.15, 0.2) is 29.2 Å². The summed E-state index contributed by atoms with van der Waals surface area (Å²) in [6.07, 6.45) is 1.13. The average Bonchev–Trinajstić information content (AvgIpc) is 2.77. The Bertz CT molecular complexity index is 692. The molecule has 0 unspecified atom stereocenters. The number of phenols is 1. The van der Waals surface area contributed by atoms with E-state index >= 15 is 0 Å². The number of phenolic OH excluding ortho intramolecular Hbond substituents is 1. The van der Waals surface area contributed by atoms with Crippen LogP contribution in [0.2, 0.25) is 0 Å². The minimum Gasteiger partial charge on any atom is -0.508 e. The number of thioether (sulfide) groups is 1. The molecule has 24 heavy (non-hydrogen) atoms. The quantitative estimate of drug-likeness (QED) is 0.577. The third-order valence-corrected chi connectivity index (χ3v) is 5.87. The number of benzene rings is 1. The van der Waals surface area contributed by atoms with Crippen molar-refractivity contribution in [2.75, 3.05) is 19.5 Å². The van der Waals surface area contributed by atoms with E-state index in [9.17, 15) is 19.3 Å². The third kappa shape index (κ3) is 4.48. The van der Waals surface area contributed by atoms with Crippen LogP contribution in [0, 0.1) is 0 Å². The molecule has 0 spiro atoms. The maximum atomic E-state index is 12.5. The van der Waals surface area contributed by atoms with Gasteiger partial charge in [-0.1, -0.05) is 12.1 Å². The van der Waals surface area contributed by atoms with E-state index in [1.54, 1.807) is 26.0 Å². The Hall–Kier alpha value is -1.60. The molecule has 1 fully saturated rings. The summed E-state index contributed by atoms with van der Waals surface area (Å²) in [6, 6.07) is 6.20. The summed E-state index contributed by atoms with van der Waals surface area (Å²) < 4.78 is 22.8. The van der Waals surface area contributed by atoms with Crippen molar-refractivity contribution < 1.29 is 28.3 Å². The van der Waals surface area contributed by atoms with E-state index < -0.39 is 25.0 Å². The smallest absolute Gasteiger partial charge is 0.350 e. The lowest BCUT2D eigenvalue weighted by Gasteiger charge is -2.21. The summed E-state index contributed by atoms with van der Waals surface area (Å²) in [5.74, 6) is -0.438. The van der Waals surface area contributed by atoms with E-state index in [1.165, 1.54) is 18.2 Å². The van der Waals surface area contributed by atoms with Gasteiger partial charge in [-0.2, -0.15) is 0 Å². The Labute approximate surface area is 144 Å². The number of hydrogen-bond acceptors (Lipinski definition) is 7. The number of amides is 2. The zero-order valence-corrected chi connectivity index (χ0v) is 15.0. The molecule has 0 radical (unpaired) electrons. The molecule has 0 aliphatic carbocycles. The maximum absolute atomic E-state index is 12.5. The van der Waals surface area contributed by atoms with Gasteiger partial charge >= 0.3 is 7.60 Å². The molecule has 7 nitrogen and oxygen atoms in total. The summed E-state index contributed by atoms with van der Waals surface area (Å²) in [5, 5.41) is 8.74. The molecule has 1 aromatic rings. The molecule has 0 atom stereocenters. The number of nitrogens with zero attached hydrogens (tertiary/aromatic N) is 1. The van der Waals surface area contributed by atoms with Crippen LogP contribution in [-0.2, 0) is 18.4 Å². The van der Waals surface area contributed by atoms with Crippen LogP contribution >= 0.6 is 19.4 Å². The van der Waals surface area contributed by atoms with Gasteiger partial charge in [0.1, 0.15) is 12.0 Å². The Morgan fingerprint density at radius 1 is 1.17 bits per heavy atom. The van der Waals surface area contributed by atoms with Crippen LogP contribution in [0.1, 0.15) is 19.4 Å². The highest BCUT2D eigenvalue weighted by Crippen LogP contribution is 2.50. The summed E-state index contributed by atoms with van der Waals surface area (Å²) in [7, 11) is -3.55. The lowest BCUT2D eigenvalue weighted by atomic mass is 10.2. The van der Waals surface area contributed by atoms with Crippen molar-refractivity contribution in [1.29, 1.82) is 0 Å². The van der Waals surface area contributed by atoms with Crippen LogP contribution in [0.3, 0.4) is 0 Å². The van der Waals surface area contributed by atoms with Gasteiger partial charge in [0.25, 0.3) is 11.1 Å². The highest BCUT2D eigenvalue weighted by atomic mass is 32.2. The van der Waals surface area contributed by atoms with Crippen molar-refractivity contribution in [3.63, 3.8) is 0 Å². The second-order valence-corrected chi connectivity index (χ2v) is 7.80. The van der Waals surface area contributed by atoms with Crippen LogP contribution in [0.5, 0.6) is 5.75 Å². The summed E-state index contributed by atoms with van der Waals surface area (Å²) in [5.41, 5.74) is 0.663. The molecule has 0 saturated carbocycles. The number of aromatic hydroxyl groups is 1. The first kappa shape index (κ1) is 18.7. The van der Waals surface area contributed by atoms with E-state index in [1.807, 2.05) is 0 Å². The number of hydrogen-bond donors (Lipinski definition) is 1. The molecule has 1 aliphatic heterocycles. The van der Waals surface area contributed by atoms with E-state index in [-0.39, 0.29) is 23.9 Å². The first-order chi connectivity index (χ1) is 11.4. The molecule has 0 bridgehead atoms. The predicted molar refractivity (Wildman–Crippen MR) is 91.6 cm³/mol. The van der Waals surface area contributed by atoms with Gasteiger partial charge in [-0.25, -0.2) is 0 Å². The molecular weight excluding hydrogens is 353 g/mol. The zero-order valence-electron chi connectivity index (χ0n) is 13.3. The zero-order chi connectivity index (χ0) is 17.7. The largest absolute Gasteiger partial charge is 0.508 e. The van der Waals surface area contributed by atoms with Crippen molar-refractivity contribution in [2.45, 2.75) is 13.8 Å². The lowest BCUT2D eigenvalue weighted by molar-refractivity contribution is -0.122. The van der Waals surface area contributed by atoms with Gasteiger partial charge in [0, 0.05) is 0 Å². The second-order valence-electron chi connectivity index (χ2n) is 4.79. The van der Waals surface area contributed by atoms with Gasteiger partial charge in [-0.15, -0.1) is 0 Å². The maximum Gasteiger partial charge on any atom is 0.350 e. The molecule has 1 heterocycles. The molecule has 1 N–H and O–H groups in total. The van der Waals surface area contributed by atoms with Crippen molar-refractivity contribution in [2.24, 2.45) is 0 Å². The van der Waals surface area contributed by atoms with Crippen LogP contribution < -0.4 is 0 Å². The number of carbonyl (C=O) groups excluding carboxylic acids is 2. The Morgan fingerprint density at radius 2 is 1.75 bits per heavy atom. The van der Waals surface area contributed by atoms with Crippen molar-refractivity contribution >= 4 is 36.6 Å². The highest BCUT2D eigenvalue weighted by Gasteiger charge is 2.40. The van der Waals surface area contributed by atoms with Crippen LogP contribution in [0.25, 0.3) is 6.08 Å². The van der Waals surface area contributed by atoms with Gasteiger partial charge in [0.15, 0.2) is 0 Å². The summed E-state index contributed by atoms with van der Waals surface area (Å²) >= 11 is 0.762. The highest BCUT2D eigenvalue weighted by molar-refractivity contribution is 8.18. The molecule has 130 valence electrons. The van der Waals surface area contributed by atoms with Crippen LogP contribution in [-0.4, -0.2) is 40.7 Å². The lowest BCUT2D eigenvalue weighted by Crippen LogP contribution is -2.30. The van der Waals surface area contributed by atoms with E-state index in [4.69, 9.17) is 9.05 Å². The van der Waals surface area contributed by atoms with Gasteiger partial charge in [-0.05, 0) is 49.4 Å². The molecule has 2 amide bonds. The van der Waals surface area contributed by atoms with Gasteiger partial charge in [0.05, 0.1) is 18.1 Å². The standard InChI is InChI=1S/C15H18NO6PS/c1-3-21-23(20,22-4-2)10-16-14(18)13(24-15(16)19)9-11-5-7-12(17)8-6-11/h5-9,17H,3-4,10H2,1-2H3/b13-9+. The molecular formula is C15H18NO6PS. The van der Waals surface area contributed by atoms with Gasteiger partial charge in [0.2, 0.25) is 0 Å². The number of rotatable bonds is 7. The van der Waals surface area contributed by atoms with Crippen LogP contribution in [0.4, 0.5) is 4.79 Å². The van der Waals surface area contributed by atoms with E-state index in [2.05, 4.69) is 0 Å². The van der Waals surface area contributed by atoms with E-state index in [0.29, 0.717) is 5.56 Å².